The number of allylic oxidation sites excluding steroid dienone is 2. The number of nitrogens with zero attached hydrogens (tertiary/aromatic N) is 1. The number of quaternary nitrogens is 1. The standard InChI is InChI=1S/C36H50N/c1-2-3-4-5-6-7-8-9-10-11-12-13-23-30-37(31-34-24-17-14-18-25-34,32-35-26-19-15-20-27-35)33-36-28-21-16-22-29-36/h11-12,14-22,24-29H,2-10,13,23,30-33H2,1H3/q+1/b12-11+. The van der Waals surface area contributed by atoms with Crippen LogP contribution in [-0.4, -0.2) is 11.0 Å². The van der Waals surface area contributed by atoms with Gasteiger partial charge in [-0.15, -0.1) is 0 Å². The van der Waals surface area contributed by atoms with Crippen molar-refractivity contribution in [1.82, 2.24) is 0 Å². The van der Waals surface area contributed by atoms with E-state index < -0.39 is 0 Å². The molecule has 198 valence electrons. The van der Waals surface area contributed by atoms with Gasteiger partial charge in [0.05, 0.1) is 6.54 Å². The van der Waals surface area contributed by atoms with Gasteiger partial charge in [0.1, 0.15) is 19.6 Å². The van der Waals surface area contributed by atoms with Crippen molar-refractivity contribution in [3.8, 4) is 0 Å². The largest absolute Gasteiger partial charge is 0.312 e. The van der Waals surface area contributed by atoms with E-state index in [0.717, 1.165) is 24.1 Å². The molecule has 0 N–H and O–H groups in total. The lowest BCUT2D eigenvalue weighted by Crippen LogP contribution is -2.46. The summed E-state index contributed by atoms with van der Waals surface area (Å²) in [4.78, 5) is 0. The summed E-state index contributed by atoms with van der Waals surface area (Å²) in [7, 11) is 0. The molecule has 3 rings (SSSR count). The zero-order chi connectivity index (χ0) is 25.9. The van der Waals surface area contributed by atoms with Crippen molar-refractivity contribution in [3.63, 3.8) is 0 Å². The van der Waals surface area contributed by atoms with Crippen molar-refractivity contribution in [2.24, 2.45) is 0 Å². The minimum atomic E-state index is 1.06. The first-order chi connectivity index (χ1) is 18.3. The fraction of sp³-hybridized carbons (Fsp3) is 0.444. The lowest BCUT2D eigenvalue weighted by atomic mass is 10.1. The Morgan fingerprint density at radius 2 is 0.838 bits per heavy atom. The molecule has 1 nitrogen and oxygen atoms in total. The van der Waals surface area contributed by atoms with Crippen LogP contribution in [0.1, 0.15) is 94.2 Å². The summed E-state index contributed by atoms with van der Waals surface area (Å²) in [6, 6.07) is 33.3. The molecule has 0 radical (unpaired) electrons. The van der Waals surface area contributed by atoms with Gasteiger partial charge in [-0.3, -0.25) is 0 Å². The van der Waals surface area contributed by atoms with Crippen molar-refractivity contribution in [2.75, 3.05) is 6.54 Å². The Balaban J connectivity index is 1.57. The Kier molecular flexibility index (Phi) is 13.9. The van der Waals surface area contributed by atoms with Crippen LogP contribution in [0, 0.1) is 0 Å². The fourth-order valence-corrected chi connectivity index (χ4v) is 5.49. The van der Waals surface area contributed by atoms with Crippen LogP contribution >= 0.6 is 0 Å². The average Bonchev–Trinajstić information content (AvgIpc) is 2.93. The summed E-state index contributed by atoms with van der Waals surface area (Å²) >= 11 is 0. The van der Waals surface area contributed by atoms with Gasteiger partial charge in [0.15, 0.2) is 0 Å². The normalized spacial score (nSPS) is 11.8. The molecule has 0 heterocycles. The molecule has 0 aliphatic heterocycles. The second-order valence-electron chi connectivity index (χ2n) is 10.9. The maximum absolute atomic E-state index is 2.45. The van der Waals surface area contributed by atoms with Gasteiger partial charge in [0.2, 0.25) is 0 Å². The van der Waals surface area contributed by atoms with Gasteiger partial charge < -0.3 is 4.48 Å². The molecule has 0 saturated carbocycles. The van der Waals surface area contributed by atoms with Gasteiger partial charge in [-0.1, -0.05) is 155 Å². The zero-order valence-corrected chi connectivity index (χ0v) is 23.4. The first kappa shape index (κ1) is 28.9. The van der Waals surface area contributed by atoms with E-state index in [2.05, 4.69) is 110 Å². The number of hydrogen-bond acceptors (Lipinski definition) is 0. The van der Waals surface area contributed by atoms with E-state index in [4.69, 9.17) is 0 Å². The van der Waals surface area contributed by atoms with Gasteiger partial charge in [-0.25, -0.2) is 0 Å². The predicted octanol–water partition coefficient (Wildman–Crippen LogP) is 10.3. The van der Waals surface area contributed by atoms with Crippen molar-refractivity contribution in [2.45, 2.75) is 97.2 Å². The molecule has 0 aliphatic rings. The van der Waals surface area contributed by atoms with E-state index in [1.54, 1.807) is 0 Å². The average molecular weight is 497 g/mol. The molecule has 0 atom stereocenters. The molecule has 0 aromatic heterocycles. The predicted molar refractivity (Wildman–Crippen MR) is 161 cm³/mol. The highest BCUT2D eigenvalue weighted by molar-refractivity contribution is 5.17. The number of rotatable bonds is 19. The molecule has 1 heteroatoms. The Morgan fingerprint density at radius 1 is 0.459 bits per heavy atom. The maximum Gasteiger partial charge on any atom is 0.105 e. The van der Waals surface area contributed by atoms with Crippen molar-refractivity contribution < 1.29 is 4.48 Å². The highest BCUT2D eigenvalue weighted by Crippen LogP contribution is 2.25. The molecule has 0 amide bonds. The molecule has 0 saturated heterocycles. The Bertz CT molecular complexity index is 860. The number of benzene rings is 3. The first-order valence-corrected chi connectivity index (χ1v) is 14.9. The van der Waals surface area contributed by atoms with Crippen LogP contribution in [0.2, 0.25) is 0 Å². The molecule has 37 heavy (non-hydrogen) atoms. The highest BCUT2D eigenvalue weighted by Gasteiger charge is 2.28. The van der Waals surface area contributed by atoms with Gasteiger partial charge in [0.25, 0.3) is 0 Å². The van der Waals surface area contributed by atoms with Crippen LogP contribution in [0.5, 0.6) is 0 Å². The molecule has 0 spiro atoms. The lowest BCUT2D eigenvalue weighted by molar-refractivity contribution is -0.966. The summed E-state index contributed by atoms with van der Waals surface area (Å²) in [5.41, 5.74) is 4.29. The third-order valence-electron chi connectivity index (χ3n) is 7.48. The van der Waals surface area contributed by atoms with Crippen LogP contribution in [0.15, 0.2) is 103 Å². The quantitative estimate of drug-likeness (QED) is 0.0879. The third kappa shape index (κ3) is 12.0. The second-order valence-corrected chi connectivity index (χ2v) is 10.9. The van der Waals surface area contributed by atoms with Crippen LogP contribution in [-0.2, 0) is 19.6 Å². The summed E-state index contributed by atoms with van der Waals surface area (Å²) in [6.45, 7) is 6.66. The van der Waals surface area contributed by atoms with Crippen molar-refractivity contribution in [3.05, 3.63) is 120 Å². The van der Waals surface area contributed by atoms with Crippen molar-refractivity contribution >= 4 is 0 Å². The number of hydrogen-bond donors (Lipinski definition) is 0. The van der Waals surface area contributed by atoms with E-state index in [-0.39, 0.29) is 0 Å². The lowest BCUT2D eigenvalue weighted by Gasteiger charge is -2.39. The van der Waals surface area contributed by atoms with Gasteiger partial charge in [-0.2, -0.15) is 0 Å². The van der Waals surface area contributed by atoms with E-state index >= 15 is 0 Å². The molecule has 0 aliphatic carbocycles. The van der Waals surface area contributed by atoms with E-state index in [1.807, 2.05) is 0 Å². The minimum absolute atomic E-state index is 1.06. The second kappa shape index (κ2) is 17.8. The Labute approximate surface area is 227 Å². The molecule has 0 unspecified atom stereocenters. The van der Waals surface area contributed by atoms with E-state index in [0.29, 0.717) is 0 Å². The fourth-order valence-electron chi connectivity index (χ4n) is 5.49. The molecule has 3 aromatic rings. The van der Waals surface area contributed by atoms with Crippen molar-refractivity contribution in [1.29, 1.82) is 0 Å². The summed E-state index contributed by atoms with van der Waals surface area (Å²) < 4.78 is 1.06. The first-order valence-electron chi connectivity index (χ1n) is 14.9. The minimum Gasteiger partial charge on any atom is -0.312 e. The van der Waals surface area contributed by atoms with Gasteiger partial charge >= 0.3 is 0 Å². The monoisotopic (exact) mass is 496 g/mol. The van der Waals surface area contributed by atoms with Crippen LogP contribution in [0.3, 0.4) is 0 Å². The van der Waals surface area contributed by atoms with E-state index in [9.17, 15) is 0 Å². The topological polar surface area (TPSA) is 0 Å². The molecule has 3 aromatic carbocycles. The van der Waals surface area contributed by atoms with Crippen LogP contribution in [0.4, 0.5) is 0 Å². The Morgan fingerprint density at radius 3 is 1.27 bits per heavy atom. The van der Waals surface area contributed by atoms with Gasteiger partial charge in [0, 0.05) is 23.1 Å². The summed E-state index contributed by atoms with van der Waals surface area (Å²) in [5.74, 6) is 0. The van der Waals surface area contributed by atoms with Gasteiger partial charge in [-0.05, 0) is 19.3 Å². The summed E-state index contributed by atoms with van der Waals surface area (Å²) in [5, 5.41) is 0. The third-order valence-corrected chi connectivity index (χ3v) is 7.48. The Hall–Kier alpha value is -2.64. The van der Waals surface area contributed by atoms with E-state index in [1.165, 1.54) is 93.9 Å². The SMILES string of the molecule is CCCCCCCCCC/C=C/CCC[N+](Cc1ccccc1)(Cc1ccccc1)Cc1ccccc1. The maximum atomic E-state index is 2.45. The number of unbranched alkanes of at least 4 members (excludes halogenated alkanes) is 9. The highest BCUT2D eigenvalue weighted by atomic mass is 15.3. The van der Waals surface area contributed by atoms with Crippen LogP contribution < -0.4 is 0 Å². The van der Waals surface area contributed by atoms with Crippen LogP contribution in [0.25, 0.3) is 0 Å². The molecule has 0 bridgehead atoms. The molecular formula is C36H50N+. The zero-order valence-electron chi connectivity index (χ0n) is 23.4. The smallest absolute Gasteiger partial charge is 0.105 e. The summed E-state index contributed by atoms with van der Waals surface area (Å²) in [6.07, 6.45) is 19.7. The molecular weight excluding hydrogens is 446 g/mol. The molecule has 0 fully saturated rings.